The third-order valence-electron chi connectivity index (χ3n) is 2.87. The van der Waals surface area contributed by atoms with Crippen LogP contribution in [0, 0.1) is 0 Å². The van der Waals surface area contributed by atoms with Gasteiger partial charge in [-0.3, -0.25) is 0 Å². The highest BCUT2D eigenvalue weighted by atomic mass is 16.5. The van der Waals surface area contributed by atoms with Gasteiger partial charge in [0.05, 0.1) is 12.7 Å². The molecule has 0 unspecified atom stereocenters. The molecule has 1 aromatic carbocycles. The number of oxime groups is 1. The average molecular weight is 287 g/mol. The summed E-state index contributed by atoms with van der Waals surface area (Å²) in [6.07, 6.45) is 2.07. The van der Waals surface area contributed by atoms with Gasteiger partial charge in [-0.1, -0.05) is 17.3 Å². The SMILES string of the molecule is COc1ncccc1COc1ccc(C/C(N)=N/O)cc1. The minimum atomic E-state index is 0.170. The van der Waals surface area contributed by atoms with Crippen LogP contribution in [0.15, 0.2) is 47.8 Å². The van der Waals surface area contributed by atoms with Gasteiger partial charge in [-0.25, -0.2) is 4.98 Å². The zero-order valence-corrected chi connectivity index (χ0v) is 11.7. The van der Waals surface area contributed by atoms with Crippen LogP contribution in [0.25, 0.3) is 0 Å². The van der Waals surface area contributed by atoms with Gasteiger partial charge < -0.3 is 20.4 Å². The van der Waals surface area contributed by atoms with Gasteiger partial charge >= 0.3 is 0 Å². The fraction of sp³-hybridized carbons (Fsp3) is 0.200. The topological polar surface area (TPSA) is 90.0 Å². The maximum absolute atomic E-state index is 8.53. The van der Waals surface area contributed by atoms with Gasteiger partial charge in [-0.05, 0) is 29.8 Å². The molecular weight excluding hydrogens is 270 g/mol. The van der Waals surface area contributed by atoms with Crippen molar-refractivity contribution in [3.8, 4) is 11.6 Å². The molecule has 0 fully saturated rings. The van der Waals surface area contributed by atoms with Crippen molar-refractivity contribution in [2.45, 2.75) is 13.0 Å². The summed E-state index contributed by atoms with van der Waals surface area (Å²) >= 11 is 0. The molecule has 0 aliphatic rings. The van der Waals surface area contributed by atoms with Crippen LogP contribution in [0.5, 0.6) is 11.6 Å². The van der Waals surface area contributed by atoms with Crippen LogP contribution in [-0.4, -0.2) is 23.1 Å². The quantitative estimate of drug-likeness (QED) is 0.367. The summed E-state index contributed by atoms with van der Waals surface area (Å²) in [4.78, 5) is 4.11. The van der Waals surface area contributed by atoms with Crippen molar-refractivity contribution in [3.63, 3.8) is 0 Å². The molecule has 0 aliphatic heterocycles. The van der Waals surface area contributed by atoms with Crippen molar-refractivity contribution >= 4 is 5.84 Å². The number of nitrogens with two attached hydrogens (primary N) is 1. The van der Waals surface area contributed by atoms with Crippen molar-refractivity contribution < 1.29 is 14.7 Å². The van der Waals surface area contributed by atoms with Crippen LogP contribution in [0.3, 0.4) is 0 Å². The molecule has 2 aromatic rings. The first kappa shape index (κ1) is 14.6. The van der Waals surface area contributed by atoms with Crippen molar-refractivity contribution in [1.29, 1.82) is 0 Å². The lowest BCUT2D eigenvalue weighted by Gasteiger charge is -2.09. The minimum absolute atomic E-state index is 0.170. The largest absolute Gasteiger partial charge is 0.489 e. The normalized spacial score (nSPS) is 11.2. The van der Waals surface area contributed by atoms with E-state index in [0.717, 1.165) is 16.9 Å². The predicted molar refractivity (Wildman–Crippen MR) is 78.7 cm³/mol. The number of hydrogen-bond acceptors (Lipinski definition) is 5. The molecule has 0 bridgehead atoms. The smallest absolute Gasteiger partial charge is 0.219 e. The van der Waals surface area contributed by atoms with Crippen molar-refractivity contribution in [3.05, 3.63) is 53.7 Å². The van der Waals surface area contributed by atoms with Gasteiger partial charge in [0.1, 0.15) is 18.2 Å². The Hall–Kier alpha value is -2.76. The lowest BCUT2D eigenvalue weighted by Crippen LogP contribution is -2.14. The Bertz CT molecular complexity index is 612. The molecule has 3 N–H and O–H groups in total. The van der Waals surface area contributed by atoms with E-state index in [2.05, 4.69) is 10.1 Å². The molecule has 110 valence electrons. The van der Waals surface area contributed by atoms with Gasteiger partial charge in [0, 0.05) is 12.6 Å². The Labute approximate surface area is 122 Å². The highest BCUT2D eigenvalue weighted by Gasteiger charge is 2.04. The molecule has 0 saturated heterocycles. The van der Waals surface area contributed by atoms with Crippen molar-refractivity contribution in [1.82, 2.24) is 4.98 Å². The molecule has 0 saturated carbocycles. The van der Waals surface area contributed by atoms with Crippen LogP contribution < -0.4 is 15.2 Å². The van der Waals surface area contributed by atoms with E-state index in [1.807, 2.05) is 36.4 Å². The Kier molecular flexibility index (Phi) is 4.98. The highest BCUT2D eigenvalue weighted by molar-refractivity contribution is 5.82. The number of ether oxygens (including phenoxy) is 2. The summed E-state index contributed by atoms with van der Waals surface area (Å²) < 4.78 is 10.9. The molecule has 0 spiro atoms. The third kappa shape index (κ3) is 4.10. The molecule has 1 aromatic heterocycles. The molecule has 21 heavy (non-hydrogen) atoms. The fourth-order valence-corrected chi connectivity index (χ4v) is 1.83. The van der Waals surface area contributed by atoms with Gasteiger partial charge in [-0.2, -0.15) is 0 Å². The summed E-state index contributed by atoms with van der Waals surface area (Å²) in [5, 5.41) is 11.5. The Morgan fingerprint density at radius 1 is 1.29 bits per heavy atom. The maximum atomic E-state index is 8.53. The van der Waals surface area contributed by atoms with Crippen molar-refractivity contribution in [2.75, 3.05) is 7.11 Å². The van der Waals surface area contributed by atoms with Gasteiger partial charge in [0.15, 0.2) is 0 Å². The van der Waals surface area contributed by atoms with Gasteiger partial charge in [0.25, 0.3) is 0 Å². The molecule has 0 amide bonds. The van der Waals surface area contributed by atoms with Crippen LogP contribution in [0.1, 0.15) is 11.1 Å². The van der Waals surface area contributed by atoms with E-state index in [1.165, 1.54) is 0 Å². The number of amidine groups is 1. The lowest BCUT2D eigenvalue weighted by molar-refractivity contribution is 0.294. The van der Waals surface area contributed by atoms with Gasteiger partial charge in [-0.15, -0.1) is 0 Å². The number of pyridine rings is 1. The molecule has 0 atom stereocenters. The lowest BCUT2D eigenvalue weighted by atomic mass is 10.1. The standard InChI is InChI=1S/C15H17N3O3/c1-20-15-12(3-2-8-17-15)10-21-13-6-4-11(5-7-13)9-14(16)18-19/h2-8,19H,9-10H2,1H3,(H2,16,18). The van der Waals surface area contributed by atoms with E-state index >= 15 is 0 Å². The van der Waals surface area contributed by atoms with E-state index < -0.39 is 0 Å². The minimum Gasteiger partial charge on any atom is -0.489 e. The van der Waals surface area contributed by atoms with Crippen LogP contribution in [0.2, 0.25) is 0 Å². The molecule has 2 rings (SSSR count). The first-order valence-electron chi connectivity index (χ1n) is 6.39. The highest BCUT2D eigenvalue weighted by Crippen LogP contribution is 2.18. The average Bonchev–Trinajstić information content (AvgIpc) is 2.54. The molecule has 6 nitrogen and oxygen atoms in total. The van der Waals surface area contributed by atoms with Crippen LogP contribution >= 0.6 is 0 Å². The Morgan fingerprint density at radius 2 is 2.05 bits per heavy atom. The predicted octanol–water partition coefficient (Wildman–Crippen LogP) is 1.96. The number of aromatic nitrogens is 1. The summed E-state index contributed by atoms with van der Waals surface area (Å²) in [5.41, 5.74) is 7.27. The van der Waals surface area contributed by atoms with E-state index in [-0.39, 0.29) is 5.84 Å². The van der Waals surface area contributed by atoms with E-state index in [9.17, 15) is 0 Å². The summed E-state index contributed by atoms with van der Waals surface area (Å²) in [6.45, 7) is 0.372. The van der Waals surface area contributed by atoms with Gasteiger partial charge in [0.2, 0.25) is 5.88 Å². The third-order valence-corrected chi connectivity index (χ3v) is 2.87. The summed E-state index contributed by atoms with van der Waals surface area (Å²) in [6, 6.07) is 11.1. The van der Waals surface area contributed by atoms with Crippen LogP contribution in [-0.2, 0) is 13.0 Å². The fourth-order valence-electron chi connectivity index (χ4n) is 1.83. The number of hydrogen-bond donors (Lipinski definition) is 2. The molecule has 6 heteroatoms. The zero-order valence-electron chi connectivity index (χ0n) is 11.7. The first-order chi connectivity index (χ1) is 10.2. The number of methoxy groups -OCH3 is 1. The zero-order chi connectivity index (χ0) is 15.1. The Balaban J connectivity index is 1.97. The molecule has 1 heterocycles. The van der Waals surface area contributed by atoms with Crippen LogP contribution in [0.4, 0.5) is 0 Å². The maximum Gasteiger partial charge on any atom is 0.219 e. The first-order valence-corrected chi connectivity index (χ1v) is 6.39. The number of benzene rings is 1. The number of rotatable bonds is 6. The summed E-state index contributed by atoms with van der Waals surface area (Å²) in [7, 11) is 1.58. The number of nitrogens with zero attached hydrogens (tertiary/aromatic N) is 2. The molecule has 0 radical (unpaired) electrons. The summed E-state index contributed by atoms with van der Waals surface area (Å²) in [5.74, 6) is 1.45. The van der Waals surface area contributed by atoms with Crippen molar-refractivity contribution in [2.24, 2.45) is 10.9 Å². The second-order valence-electron chi connectivity index (χ2n) is 4.37. The second kappa shape index (κ2) is 7.14. The van der Waals surface area contributed by atoms with E-state index in [4.69, 9.17) is 20.4 Å². The van der Waals surface area contributed by atoms with E-state index in [0.29, 0.717) is 18.9 Å². The monoisotopic (exact) mass is 287 g/mol. The molecule has 0 aliphatic carbocycles. The van der Waals surface area contributed by atoms with E-state index in [1.54, 1.807) is 13.3 Å². The second-order valence-corrected chi connectivity index (χ2v) is 4.37. The molecular formula is C15H17N3O3. The Morgan fingerprint density at radius 3 is 2.71 bits per heavy atom.